The first kappa shape index (κ1) is 16.6. The number of furan rings is 1. The van der Waals surface area contributed by atoms with E-state index in [2.05, 4.69) is 9.05 Å². The van der Waals surface area contributed by atoms with Crippen molar-refractivity contribution in [3.8, 4) is 0 Å². The molecule has 19 heavy (non-hydrogen) atoms. The smallest absolute Gasteiger partial charge is 0.472 e. The van der Waals surface area contributed by atoms with Gasteiger partial charge in [-0.15, -0.1) is 0 Å². The minimum Gasteiger partial charge on any atom is -0.472 e. The van der Waals surface area contributed by atoms with E-state index in [0.29, 0.717) is 5.56 Å². The Labute approximate surface area is 111 Å². The van der Waals surface area contributed by atoms with Crippen LogP contribution in [-0.2, 0) is 31.7 Å². The van der Waals surface area contributed by atoms with Crippen molar-refractivity contribution in [1.29, 1.82) is 0 Å². The van der Waals surface area contributed by atoms with Crippen LogP contribution >= 0.6 is 15.4 Å². The quantitative estimate of drug-likeness (QED) is 0.675. The van der Waals surface area contributed by atoms with Gasteiger partial charge in [-0.05, 0) is 6.07 Å². The number of rotatable bonds is 8. The van der Waals surface area contributed by atoms with Crippen molar-refractivity contribution in [3.05, 3.63) is 24.2 Å². The molecular formula is C9H16O8P2. The van der Waals surface area contributed by atoms with E-state index in [4.69, 9.17) is 18.0 Å². The Morgan fingerprint density at radius 1 is 1.05 bits per heavy atom. The van der Waals surface area contributed by atoms with Gasteiger partial charge in [-0.25, -0.2) is 4.57 Å². The molecule has 1 unspecified atom stereocenters. The Balaban J connectivity index is 3.15. The fourth-order valence-corrected chi connectivity index (χ4v) is 3.81. The number of phosphoric ester groups is 1. The van der Waals surface area contributed by atoms with Crippen molar-refractivity contribution in [1.82, 2.24) is 0 Å². The summed E-state index contributed by atoms with van der Waals surface area (Å²) in [4.78, 5) is 0. The Hall–Kier alpha value is -0.460. The lowest BCUT2D eigenvalue weighted by Crippen LogP contribution is -2.08. The Morgan fingerprint density at radius 3 is 2.00 bits per heavy atom. The molecule has 0 aliphatic heterocycles. The normalized spacial score (nSPS) is 14.5. The van der Waals surface area contributed by atoms with E-state index < -0.39 is 21.3 Å². The topological polar surface area (TPSA) is 93.4 Å². The third-order valence-electron chi connectivity index (χ3n) is 2.30. The number of hydrogen-bond donors (Lipinski definition) is 0. The van der Waals surface area contributed by atoms with Gasteiger partial charge in [0.25, 0.3) is 0 Å². The van der Waals surface area contributed by atoms with Gasteiger partial charge >= 0.3 is 15.4 Å². The van der Waals surface area contributed by atoms with Gasteiger partial charge < -0.3 is 13.5 Å². The summed E-state index contributed by atoms with van der Waals surface area (Å²) in [5, 5.41) is 0. The molecule has 1 aromatic heterocycles. The zero-order chi connectivity index (χ0) is 14.5. The molecule has 1 aromatic rings. The summed E-state index contributed by atoms with van der Waals surface area (Å²) in [6.45, 7) is 0. The molecule has 1 atom stereocenters. The van der Waals surface area contributed by atoms with Crippen molar-refractivity contribution in [2.24, 2.45) is 0 Å². The molecule has 0 aliphatic rings. The van der Waals surface area contributed by atoms with Crippen LogP contribution in [0, 0.1) is 0 Å². The maximum atomic E-state index is 12.4. The van der Waals surface area contributed by atoms with Crippen LogP contribution in [0.1, 0.15) is 11.4 Å². The van der Waals surface area contributed by atoms with Gasteiger partial charge in [0.1, 0.15) is 0 Å². The van der Waals surface area contributed by atoms with Crippen molar-refractivity contribution < 1.29 is 36.2 Å². The molecular weight excluding hydrogens is 298 g/mol. The molecule has 0 saturated carbocycles. The first-order valence-electron chi connectivity index (χ1n) is 5.08. The second-order valence-electron chi connectivity index (χ2n) is 3.23. The minimum absolute atomic E-state index is 0.321. The average Bonchev–Trinajstić information content (AvgIpc) is 2.97. The molecule has 0 radical (unpaired) electrons. The molecule has 0 fully saturated rings. The van der Waals surface area contributed by atoms with Crippen LogP contribution in [0.15, 0.2) is 23.0 Å². The van der Waals surface area contributed by atoms with Gasteiger partial charge in [-0.1, -0.05) is 0 Å². The summed E-state index contributed by atoms with van der Waals surface area (Å²) in [5.41, 5.74) is 0.321. The molecule has 0 aromatic carbocycles. The third-order valence-corrected chi connectivity index (χ3v) is 5.83. The van der Waals surface area contributed by atoms with Crippen LogP contribution in [0.25, 0.3) is 0 Å². The van der Waals surface area contributed by atoms with E-state index in [0.717, 1.165) is 14.2 Å². The molecule has 0 spiro atoms. The van der Waals surface area contributed by atoms with Crippen LogP contribution < -0.4 is 0 Å². The lowest BCUT2D eigenvalue weighted by atomic mass is 10.4. The molecule has 0 saturated heterocycles. The Morgan fingerprint density at radius 2 is 1.63 bits per heavy atom. The van der Waals surface area contributed by atoms with Gasteiger partial charge in [-0.2, -0.15) is 0 Å². The minimum atomic E-state index is -3.88. The highest BCUT2D eigenvalue weighted by Gasteiger charge is 2.43. The molecule has 110 valence electrons. The fraction of sp³-hybridized carbons (Fsp3) is 0.556. The van der Waals surface area contributed by atoms with Gasteiger partial charge in [0.2, 0.25) is 0 Å². The van der Waals surface area contributed by atoms with Crippen LogP contribution in [0.4, 0.5) is 0 Å². The highest BCUT2D eigenvalue weighted by Crippen LogP contribution is 2.66. The maximum absolute atomic E-state index is 12.4. The summed E-state index contributed by atoms with van der Waals surface area (Å²) in [6, 6.07) is 1.48. The summed E-state index contributed by atoms with van der Waals surface area (Å²) < 4.78 is 53.4. The largest absolute Gasteiger partial charge is 0.475 e. The Bertz CT molecular complexity index is 455. The molecule has 0 aliphatic carbocycles. The lowest BCUT2D eigenvalue weighted by molar-refractivity contribution is 0.116. The third kappa shape index (κ3) is 3.77. The Kier molecular flexibility index (Phi) is 5.95. The molecule has 8 nitrogen and oxygen atoms in total. The molecule has 1 rings (SSSR count). The first-order valence-corrected chi connectivity index (χ1v) is 8.15. The fourth-order valence-electron chi connectivity index (χ4n) is 1.27. The van der Waals surface area contributed by atoms with E-state index in [1.165, 1.54) is 32.8 Å². The van der Waals surface area contributed by atoms with E-state index in [9.17, 15) is 9.13 Å². The molecule has 0 bridgehead atoms. The van der Waals surface area contributed by atoms with Gasteiger partial charge in [0.15, 0.2) is 5.85 Å². The summed E-state index contributed by atoms with van der Waals surface area (Å²) in [5.74, 6) is -1.30. The van der Waals surface area contributed by atoms with Crippen LogP contribution in [0.2, 0.25) is 0 Å². The molecule has 0 amide bonds. The zero-order valence-electron chi connectivity index (χ0n) is 11.0. The average molecular weight is 314 g/mol. The summed E-state index contributed by atoms with van der Waals surface area (Å²) in [6.07, 6.45) is 2.61. The van der Waals surface area contributed by atoms with Crippen molar-refractivity contribution in [3.63, 3.8) is 0 Å². The molecule has 0 N–H and O–H groups in total. The van der Waals surface area contributed by atoms with Gasteiger partial charge in [0.05, 0.1) is 12.5 Å². The van der Waals surface area contributed by atoms with E-state index in [-0.39, 0.29) is 0 Å². The van der Waals surface area contributed by atoms with Gasteiger partial charge in [0, 0.05) is 34.0 Å². The van der Waals surface area contributed by atoms with E-state index in [1.54, 1.807) is 0 Å². The van der Waals surface area contributed by atoms with E-state index >= 15 is 0 Å². The molecule has 1 heterocycles. The van der Waals surface area contributed by atoms with Gasteiger partial charge in [-0.3, -0.25) is 18.1 Å². The van der Waals surface area contributed by atoms with E-state index in [1.807, 2.05) is 0 Å². The maximum Gasteiger partial charge on any atom is 0.475 e. The lowest BCUT2D eigenvalue weighted by Gasteiger charge is -2.25. The number of hydrogen-bond acceptors (Lipinski definition) is 8. The highest BCUT2D eigenvalue weighted by atomic mass is 31.2. The van der Waals surface area contributed by atoms with Crippen molar-refractivity contribution in [2.75, 3.05) is 28.4 Å². The predicted molar refractivity (Wildman–Crippen MR) is 65.8 cm³/mol. The standard InChI is InChI=1S/C9H16O8P2/c1-12-18(10,13-2)9(8-5-6-16-7-8)17-19(11,14-3)15-4/h5-7,9H,1-4H3. The number of phosphoric acid groups is 1. The van der Waals surface area contributed by atoms with Crippen LogP contribution in [0.3, 0.4) is 0 Å². The first-order chi connectivity index (χ1) is 8.94. The monoisotopic (exact) mass is 314 g/mol. The zero-order valence-corrected chi connectivity index (χ0v) is 12.8. The van der Waals surface area contributed by atoms with Crippen LogP contribution in [0.5, 0.6) is 0 Å². The summed E-state index contributed by atoms with van der Waals surface area (Å²) in [7, 11) is -2.94. The second-order valence-corrected chi connectivity index (χ2v) is 7.35. The summed E-state index contributed by atoms with van der Waals surface area (Å²) >= 11 is 0. The highest BCUT2D eigenvalue weighted by molar-refractivity contribution is 7.55. The van der Waals surface area contributed by atoms with Crippen molar-refractivity contribution in [2.45, 2.75) is 5.85 Å². The molecule has 10 heteroatoms. The van der Waals surface area contributed by atoms with Crippen molar-refractivity contribution >= 4 is 15.4 Å². The van der Waals surface area contributed by atoms with Crippen LogP contribution in [-0.4, -0.2) is 28.4 Å². The second kappa shape index (κ2) is 6.81. The predicted octanol–water partition coefficient (Wildman–Crippen LogP) is 3.18. The SMILES string of the molecule is COP(=O)(OC)OC(c1ccoc1)P(=O)(OC)OC.